The molecular weight excluding hydrogens is 333 g/mol. The molecule has 7 heteroatoms. The predicted molar refractivity (Wildman–Crippen MR) is 83.3 cm³/mol. The smallest absolute Gasteiger partial charge is 0.262 e. The Bertz CT molecular complexity index is 646. The van der Waals surface area contributed by atoms with Crippen LogP contribution in [0.15, 0.2) is 23.1 Å². The summed E-state index contributed by atoms with van der Waals surface area (Å²) >= 11 is 5.79. The lowest BCUT2D eigenvalue weighted by Crippen LogP contribution is -2.28. The SMILES string of the molecule is CC1CCC(CNC(=O)c2ccc(Cl)c(S(=O)(=O)Cl)c2)C1. The molecule has 21 heavy (non-hydrogen) atoms. The molecule has 1 N–H and O–H groups in total. The Kier molecular flexibility index (Phi) is 5.17. The third-order valence-corrected chi connectivity index (χ3v) is 5.61. The van der Waals surface area contributed by atoms with Crippen molar-refractivity contribution in [3.05, 3.63) is 28.8 Å². The molecule has 116 valence electrons. The van der Waals surface area contributed by atoms with Crippen LogP contribution in [0.25, 0.3) is 0 Å². The van der Waals surface area contributed by atoms with E-state index in [4.69, 9.17) is 22.3 Å². The zero-order valence-corrected chi connectivity index (χ0v) is 13.9. The zero-order chi connectivity index (χ0) is 15.6. The molecule has 4 nitrogen and oxygen atoms in total. The molecule has 0 aliphatic heterocycles. The summed E-state index contributed by atoms with van der Waals surface area (Å²) < 4.78 is 22.8. The average molecular weight is 350 g/mol. The van der Waals surface area contributed by atoms with Gasteiger partial charge in [0.15, 0.2) is 0 Å². The number of hydrogen-bond donors (Lipinski definition) is 1. The summed E-state index contributed by atoms with van der Waals surface area (Å²) in [4.78, 5) is 11.8. The van der Waals surface area contributed by atoms with E-state index < -0.39 is 9.05 Å². The Balaban J connectivity index is 2.06. The van der Waals surface area contributed by atoms with Crippen molar-refractivity contribution in [3.63, 3.8) is 0 Å². The second kappa shape index (κ2) is 6.55. The van der Waals surface area contributed by atoms with Crippen molar-refractivity contribution >= 4 is 37.2 Å². The van der Waals surface area contributed by atoms with Crippen LogP contribution < -0.4 is 5.32 Å². The second-order valence-electron chi connectivity index (χ2n) is 5.58. The minimum Gasteiger partial charge on any atom is -0.352 e. The number of carbonyl (C=O) groups excluding carboxylic acids is 1. The fourth-order valence-corrected chi connectivity index (χ4v) is 4.17. The van der Waals surface area contributed by atoms with Crippen LogP contribution in [-0.4, -0.2) is 20.9 Å². The van der Waals surface area contributed by atoms with Crippen LogP contribution in [0.3, 0.4) is 0 Å². The molecule has 0 spiro atoms. The zero-order valence-electron chi connectivity index (χ0n) is 11.6. The summed E-state index contributed by atoms with van der Waals surface area (Å²) in [5.74, 6) is 0.885. The maximum atomic E-state index is 12.1. The van der Waals surface area contributed by atoms with Gasteiger partial charge in [0.2, 0.25) is 0 Å². The first-order chi connectivity index (χ1) is 9.77. The first-order valence-electron chi connectivity index (χ1n) is 6.80. The molecule has 2 unspecified atom stereocenters. The summed E-state index contributed by atoms with van der Waals surface area (Å²) in [5, 5.41) is 2.85. The van der Waals surface area contributed by atoms with Crippen molar-refractivity contribution in [1.82, 2.24) is 5.32 Å². The third-order valence-electron chi connectivity index (χ3n) is 3.81. The number of carbonyl (C=O) groups is 1. The first kappa shape index (κ1) is 16.6. The molecule has 1 aliphatic rings. The number of nitrogens with one attached hydrogen (secondary N) is 1. The molecule has 1 amide bonds. The van der Waals surface area contributed by atoms with E-state index in [1.54, 1.807) is 0 Å². The van der Waals surface area contributed by atoms with E-state index in [0.29, 0.717) is 18.4 Å². The standard InChI is InChI=1S/C14H17Cl2NO3S/c1-9-2-3-10(6-9)8-17-14(18)11-4-5-12(15)13(7-11)21(16,19)20/h4-5,7,9-10H,2-3,6,8H2,1H3,(H,17,18). The first-order valence-corrected chi connectivity index (χ1v) is 9.48. The molecule has 1 fully saturated rings. The maximum Gasteiger partial charge on any atom is 0.262 e. The summed E-state index contributed by atoms with van der Waals surface area (Å²) in [6.45, 7) is 2.81. The van der Waals surface area contributed by atoms with Crippen LogP contribution >= 0.6 is 22.3 Å². The number of halogens is 2. The van der Waals surface area contributed by atoms with Gasteiger partial charge < -0.3 is 5.32 Å². The molecule has 0 bridgehead atoms. The number of benzene rings is 1. The highest BCUT2D eigenvalue weighted by Crippen LogP contribution is 2.30. The molecule has 0 aromatic heterocycles. The monoisotopic (exact) mass is 349 g/mol. The van der Waals surface area contributed by atoms with Crippen molar-refractivity contribution in [2.24, 2.45) is 11.8 Å². The van der Waals surface area contributed by atoms with Crippen molar-refractivity contribution in [2.75, 3.05) is 6.54 Å². The predicted octanol–water partition coefficient (Wildman–Crippen LogP) is 3.43. The van der Waals surface area contributed by atoms with Crippen molar-refractivity contribution in [3.8, 4) is 0 Å². The summed E-state index contributed by atoms with van der Waals surface area (Å²) in [6, 6.07) is 4.06. The molecule has 0 saturated heterocycles. The van der Waals surface area contributed by atoms with Crippen LogP contribution in [0.1, 0.15) is 36.5 Å². The van der Waals surface area contributed by atoms with Crippen LogP contribution in [0, 0.1) is 11.8 Å². The quantitative estimate of drug-likeness (QED) is 0.846. The van der Waals surface area contributed by atoms with Gasteiger partial charge in [-0.05, 0) is 42.9 Å². The van der Waals surface area contributed by atoms with Gasteiger partial charge in [-0.3, -0.25) is 4.79 Å². The van der Waals surface area contributed by atoms with Gasteiger partial charge in [-0.25, -0.2) is 8.42 Å². The Hall–Kier alpha value is -0.780. The largest absolute Gasteiger partial charge is 0.352 e. The van der Waals surface area contributed by atoms with Gasteiger partial charge >= 0.3 is 0 Å². The van der Waals surface area contributed by atoms with Crippen LogP contribution in [0.2, 0.25) is 5.02 Å². The van der Waals surface area contributed by atoms with Crippen LogP contribution in [0.5, 0.6) is 0 Å². The summed E-state index contributed by atoms with van der Waals surface area (Å²) in [5.41, 5.74) is 0.240. The fourth-order valence-electron chi connectivity index (χ4n) is 2.68. The van der Waals surface area contributed by atoms with E-state index >= 15 is 0 Å². The maximum absolute atomic E-state index is 12.1. The van der Waals surface area contributed by atoms with E-state index in [2.05, 4.69) is 12.2 Å². The lowest BCUT2D eigenvalue weighted by atomic mass is 10.1. The van der Waals surface area contributed by atoms with E-state index in [0.717, 1.165) is 12.8 Å². The van der Waals surface area contributed by atoms with E-state index in [9.17, 15) is 13.2 Å². The Morgan fingerprint density at radius 2 is 2.10 bits per heavy atom. The molecule has 1 aromatic carbocycles. The second-order valence-corrected chi connectivity index (χ2v) is 8.52. The Morgan fingerprint density at radius 1 is 1.38 bits per heavy atom. The molecule has 1 aliphatic carbocycles. The highest BCUT2D eigenvalue weighted by Gasteiger charge is 2.22. The minimum absolute atomic E-state index is 0.00571. The van der Waals surface area contributed by atoms with E-state index in [-0.39, 0.29) is 21.4 Å². The number of amides is 1. The molecular formula is C14H17Cl2NO3S. The van der Waals surface area contributed by atoms with Gasteiger partial charge in [0.1, 0.15) is 4.90 Å². The third kappa shape index (κ3) is 4.34. The lowest BCUT2D eigenvalue weighted by molar-refractivity contribution is 0.0947. The van der Waals surface area contributed by atoms with Crippen molar-refractivity contribution in [2.45, 2.75) is 31.1 Å². The molecule has 2 atom stereocenters. The van der Waals surface area contributed by atoms with Crippen molar-refractivity contribution in [1.29, 1.82) is 0 Å². The van der Waals surface area contributed by atoms with Crippen LogP contribution in [-0.2, 0) is 9.05 Å². The number of rotatable bonds is 4. The average Bonchev–Trinajstić information content (AvgIpc) is 2.81. The molecule has 0 heterocycles. The van der Waals surface area contributed by atoms with Gasteiger partial charge in [-0.15, -0.1) is 0 Å². The summed E-state index contributed by atoms with van der Waals surface area (Å²) in [6.07, 6.45) is 3.42. The van der Waals surface area contributed by atoms with E-state index in [1.807, 2.05) is 0 Å². The van der Waals surface area contributed by atoms with Gasteiger partial charge in [-0.1, -0.05) is 24.9 Å². The highest BCUT2D eigenvalue weighted by atomic mass is 35.7. The molecule has 2 rings (SSSR count). The minimum atomic E-state index is -3.97. The normalized spacial score (nSPS) is 22.2. The lowest BCUT2D eigenvalue weighted by Gasteiger charge is -2.11. The van der Waals surface area contributed by atoms with E-state index in [1.165, 1.54) is 24.6 Å². The van der Waals surface area contributed by atoms with Gasteiger partial charge in [0, 0.05) is 22.8 Å². The molecule has 0 radical (unpaired) electrons. The van der Waals surface area contributed by atoms with Gasteiger partial charge in [0.25, 0.3) is 15.0 Å². The Morgan fingerprint density at radius 3 is 2.67 bits per heavy atom. The fraction of sp³-hybridized carbons (Fsp3) is 0.500. The topological polar surface area (TPSA) is 63.2 Å². The molecule has 1 aromatic rings. The van der Waals surface area contributed by atoms with Gasteiger partial charge in [0.05, 0.1) is 5.02 Å². The van der Waals surface area contributed by atoms with Crippen LogP contribution in [0.4, 0.5) is 0 Å². The highest BCUT2D eigenvalue weighted by molar-refractivity contribution is 8.13. The number of hydrogen-bond acceptors (Lipinski definition) is 3. The van der Waals surface area contributed by atoms with Crippen molar-refractivity contribution < 1.29 is 13.2 Å². The summed E-state index contributed by atoms with van der Waals surface area (Å²) in [7, 11) is 1.33. The van der Waals surface area contributed by atoms with Gasteiger partial charge in [-0.2, -0.15) is 0 Å². The Labute approximate surface area is 134 Å². The molecule has 1 saturated carbocycles.